The maximum Gasteiger partial charge on any atom is 0.0589 e. The fourth-order valence-electron chi connectivity index (χ4n) is 1.24. The molecular weight excluding hydrogens is 228 g/mol. The third kappa shape index (κ3) is 3.30. The molecule has 0 atom stereocenters. The van der Waals surface area contributed by atoms with E-state index in [9.17, 15) is 0 Å². The summed E-state index contributed by atoms with van der Waals surface area (Å²) >= 11 is 7.46. The first-order valence-electron chi connectivity index (χ1n) is 4.67. The summed E-state index contributed by atoms with van der Waals surface area (Å²) < 4.78 is 0. The zero-order chi connectivity index (χ0) is 10.5. The van der Waals surface area contributed by atoms with Crippen molar-refractivity contribution >= 4 is 22.9 Å². The third-order valence-corrected chi connectivity index (χ3v) is 2.96. The molecule has 0 aliphatic carbocycles. The van der Waals surface area contributed by atoms with Crippen molar-refractivity contribution in [2.75, 3.05) is 0 Å². The Hall–Kier alpha value is -0.900. The smallest absolute Gasteiger partial charge is 0.0589 e. The van der Waals surface area contributed by atoms with Crippen LogP contribution in [-0.2, 0) is 13.1 Å². The molecule has 2 rings (SSSR count). The van der Waals surface area contributed by atoms with Crippen LogP contribution in [0.25, 0.3) is 0 Å². The van der Waals surface area contributed by atoms with E-state index in [1.165, 1.54) is 5.56 Å². The van der Waals surface area contributed by atoms with Crippen LogP contribution in [0.4, 0.5) is 0 Å². The number of nitrogens with zero attached hydrogens (tertiary/aromatic N) is 1. The highest BCUT2D eigenvalue weighted by atomic mass is 35.5. The number of pyridine rings is 1. The number of aromatic nitrogens is 1. The predicted octanol–water partition coefficient (Wildman–Crippen LogP) is 3.09. The summed E-state index contributed by atoms with van der Waals surface area (Å²) in [6.45, 7) is 1.65. The van der Waals surface area contributed by atoms with E-state index in [1.807, 2.05) is 12.1 Å². The molecule has 0 aromatic carbocycles. The highest BCUT2D eigenvalue weighted by molar-refractivity contribution is 7.07. The van der Waals surface area contributed by atoms with Crippen LogP contribution < -0.4 is 5.32 Å². The Labute approximate surface area is 97.9 Å². The normalized spacial score (nSPS) is 10.5. The molecule has 0 aliphatic heterocycles. The molecular formula is C11H11ClN2S. The van der Waals surface area contributed by atoms with Crippen LogP contribution in [0.2, 0.25) is 5.02 Å². The predicted molar refractivity (Wildman–Crippen MR) is 64.1 cm³/mol. The Balaban J connectivity index is 1.81. The SMILES string of the molecule is Clc1ccc(CNCc2ccsc2)nc1. The maximum absolute atomic E-state index is 5.75. The molecule has 0 unspecified atom stereocenters. The van der Waals surface area contributed by atoms with E-state index in [-0.39, 0.29) is 0 Å². The van der Waals surface area contributed by atoms with Gasteiger partial charge in [0, 0.05) is 19.3 Å². The first-order chi connectivity index (χ1) is 7.34. The lowest BCUT2D eigenvalue weighted by molar-refractivity contribution is 0.681. The summed E-state index contributed by atoms with van der Waals surface area (Å²) in [5.74, 6) is 0. The molecule has 2 aromatic heterocycles. The van der Waals surface area contributed by atoms with Crippen LogP contribution >= 0.6 is 22.9 Å². The molecule has 2 aromatic rings. The number of nitrogens with one attached hydrogen (secondary N) is 1. The lowest BCUT2D eigenvalue weighted by atomic mass is 10.3. The molecule has 0 amide bonds. The zero-order valence-electron chi connectivity index (χ0n) is 8.11. The zero-order valence-corrected chi connectivity index (χ0v) is 9.68. The molecule has 1 N–H and O–H groups in total. The number of thiophene rings is 1. The van der Waals surface area contributed by atoms with Crippen molar-refractivity contribution < 1.29 is 0 Å². The second kappa shape index (κ2) is 5.26. The summed E-state index contributed by atoms with van der Waals surface area (Å²) in [5.41, 5.74) is 2.32. The van der Waals surface area contributed by atoms with Crippen LogP contribution in [0.3, 0.4) is 0 Å². The molecule has 15 heavy (non-hydrogen) atoms. The Bertz CT molecular complexity index is 397. The van der Waals surface area contributed by atoms with Crippen LogP contribution in [0, 0.1) is 0 Å². The van der Waals surface area contributed by atoms with E-state index >= 15 is 0 Å². The first kappa shape index (κ1) is 10.6. The number of hydrogen-bond acceptors (Lipinski definition) is 3. The Morgan fingerprint density at radius 1 is 1.27 bits per heavy atom. The van der Waals surface area contributed by atoms with Gasteiger partial charge in [0.05, 0.1) is 10.7 Å². The van der Waals surface area contributed by atoms with Crippen LogP contribution in [0.5, 0.6) is 0 Å². The monoisotopic (exact) mass is 238 g/mol. The van der Waals surface area contributed by atoms with Crippen molar-refractivity contribution in [1.29, 1.82) is 0 Å². The molecule has 2 nitrogen and oxygen atoms in total. The van der Waals surface area contributed by atoms with Crippen molar-refractivity contribution in [3.8, 4) is 0 Å². The molecule has 0 saturated carbocycles. The van der Waals surface area contributed by atoms with Crippen molar-refractivity contribution in [3.05, 3.63) is 51.4 Å². The van der Waals surface area contributed by atoms with E-state index < -0.39 is 0 Å². The number of halogens is 1. The first-order valence-corrected chi connectivity index (χ1v) is 5.99. The van der Waals surface area contributed by atoms with E-state index in [2.05, 4.69) is 27.1 Å². The molecule has 2 heterocycles. The van der Waals surface area contributed by atoms with Crippen LogP contribution in [0.15, 0.2) is 35.2 Å². The third-order valence-electron chi connectivity index (χ3n) is 2.00. The lowest BCUT2D eigenvalue weighted by Crippen LogP contribution is -2.12. The van der Waals surface area contributed by atoms with Crippen molar-refractivity contribution in [2.24, 2.45) is 0 Å². The highest BCUT2D eigenvalue weighted by Crippen LogP contribution is 2.07. The molecule has 0 spiro atoms. The van der Waals surface area contributed by atoms with E-state index in [4.69, 9.17) is 11.6 Å². The molecule has 0 fully saturated rings. The number of rotatable bonds is 4. The van der Waals surface area contributed by atoms with E-state index in [1.54, 1.807) is 17.5 Å². The largest absolute Gasteiger partial charge is 0.307 e. The summed E-state index contributed by atoms with van der Waals surface area (Å²) in [7, 11) is 0. The highest BCUT2D eigenvalue weighted by Gasteiger charge is 1.95. The summed E-state index contributed by atoms with van der Waals surface area (Å²) in [6.07, 6.45) is 1.67. The van der Waals surface area contributed by atoms with Crippen molar-refractivity contribution in [2.45, 2.75) is 13.1 Å². The Morgan fingerprint density at radius 3 is 2.87 bits per heavy atom. The van der Waals surface area contributed by atoms with Gasteiger partial charge in [0.15, 0.2) is 0 Å². The van der Waals surface area contributed by atoms with Crippen LogP contribution in [0.1, 0.15) is 11.3 Å². The Kier molecular flexibility index (Phi) is 3.72. The lowest BCUT2D eigenvalue weighted by Gasteiger charge is -2.02. The standard InChI is InChI=1S/C11H11ClN2S/c12-10-1-2-11(14-6-10)7-13-5-9-3-4-15-8-9/h1-4,6,8,13H,5,7H2. The minimum absolute atomic E-state index is 0.677. The molecule has 0 saturated heterocycles. The summed E-state index contributed by atoms with van der Waals surface area (Å²) in [5, 5.41) is 8.22. The quantitative estimate of drug-likeness (QED) is 0.886. The minimum atomic E-state index is 0.677. The van der Waals surface area contributed by atoms with Gasteiger partial charge in [-0.3, -0.25) is 4.98 Å². The van der Waals surface area contributed by atoms with E-state index in [0.29, 0.717) is 5.02 Å². The van der Waals surface area contributed by atoms with Gasteiger partial charge in [-0.1, -0.05) is 11.6 Å². The van der Waals surface area contributed by atoms with E-state index in [0.717, 1.165) is 18.8 Å². The van der Waals surface area contributed by atoms with Gasteiger partial charge in [-0.05, 0) is 34.5 Å². The Morgan fingerprint density at radius 2 is 2.20 bits per heavy atom. The molecule has 78 valence electrons. The fraction of sp³-hybridized carbons (Fsp3) is 0.182. The average Bonchev–Trinajstić information content (AvgIpc) is 2.74. The molecule has 0 radical (unpaired) electrons. The minimum Gasteiger partial charge on any atom is -0.307 e. The molecule has 4 heteroatoms. The van der Waals surface area contributed by atoms with Gasteiger partial charge in [0.1, 0.15) is 0 Å². The van der Waals surface area contributed by atoms with Crippen LogP contribution in [-0.4, -0.2) is 4.98 Å². The molecule has 0 aliphatic rings. The van der Waals surface area contributed by atoms with Gasteiger partial charge in [-0.15, -0.1) is 0 Å². The van der Waals surface area contributed by atoms with Gasteiger partial charge >= 0.3 is 0 Å². The van der Waals surface area contributed by atoms with Gasteiger partial charge in [0.25, 0.3) is 0 Å². The molecule has 0 bridgehead atoms. The maximum atomic E-state index is 5.75. The van der Waals surface area contributed by atoms with Crippen molar-refractivity contribution in [1.82, 2.24) is 10.3 Å². The summed E-state index contributed by atoms with van der Waals surface area (Å²) in [6, 6.07) is 5.91. The topological polar surface area (TPSA) is 24.9 Å². The van der Waals surface area contributed by atoms with Gasteiger partial charge in [-0.2, -0.15) is 11.3 Å². The second-order valence-electron chi connectivity index (χ2n) is 3.20. The van der Waals surface area contributed by atoms with Gasteiger partial charge in [-0.25, -0.2) is 0 Å². The average molecular weight is 239 g/mol. The number of hydrogen-bond donors (Lipinski definition) is 1. The fourth-order valence-corrected chi connectivity index (χ4v) is 2.02. The second-order valence-corrected chi connectivity index (χ2v) is 4.42. The van der Waals surface area contributed by atoms with Crippen molar-refractivity contribution in [3.63, 3.8) is 0 Å². The summed E-state index contributed by atoms with van der Waals surface area (Å²) in [4.78, 5) is 4.21. The van der Waals surface area contributed by atoms with Gasteiger partial charge < -0.3 is 5.32 Å². The van der Waals surface area contributed by atoms with Gasteiger partial charge in [0.2, 0.25) is 0 Å².